The van der Waals surface area contributed by atoms with Crippen molar-refractivity contribution in [2.45, 2.75) is 25.7 Å². The van der Waals surface area contributed by atoms with Crippen LogP contribution >= 0.6 is 11.8 Å². The fourth-order valence-electron chi connectivity index (χ4n) is 1.39. The summed E-state index contributed by atoms with van der Waals surface area (Å²) >= 11 is 1.69. The van der Waals surface area contributed by atoms with Gasteiger partial charge < -0.3 is 10.5 Å². The summed E-state index contributed by atoms with van der Waals surface area (Å²) in [5, 5.41) is 0. The molecule has 0 fully saturated rings. The van der Waals surface area contributed by atoms with Gasteiger partial charge in [-0.2, -0.15) is 11.8 Å². The molecular formula is C12H16F3NOS. The van der Waals surface area contributed by atoms with E-state index in [2.05, 4.69) is 11.7 Å². The maximum absolute atomic E-state index is 12.1. The van der Waals surface area contributed by atoms with Gasteiger partial charge in [-0.1, -0.05) is 19.1 Å². The normalized spacial score (nSPS) is 13.4. The van der Waals surface area contributed by atoms with Gasteiger partial charge in [0.2, 0.25) is 0 Å². The zero-order valence-corrected chi connectivity index (χ0v) is 10.9. The highest BCUT2D eigenvalue weighted by Crippen LogP contribution is 2.26. The molecule has 0 saturated carbocycles. The molecule has 0 bridgehead atoms. The predicted molar refractivity (Wildman–Crippen MR) is 67.7 cm³/mol. The van der Waals surface area contributed by atoms with E-state index < -0.39 is 6.36 Å². The van der Waals surface area contributed by atoms with Crippen LogP contribution in [0.1, 0.15) is 24.9 Å². The molecule has 6 heteroatoms. The van der Waals surface area contributed by atoms with E-state index in [-0.39, 0.29) is 11.8 Å². The Morgan fingerprint density at radius 1 is 1.39 bits per heavy atom. The third kappa shape index (κ3) is 5.64. The van der Waals surface area contributed by atoms with E-state index in [9.17, 15) is 13.2 Å². The van der Waals surface area contributed by atoms with E-state index in [1.165, 1.54) is 18.2 Å². The van der Waals surface area contributed by atoms with Crippen LogP contribution in [0.25, 0.3) is 0 Å². The number of ether oxygens (including phenoxy) is 1. The molecule has 0 radical (unpaired) electrons. The second-order valence-corrected chi connectivity index (χ2v) is 4.95. The molecule has 0 amide bonds. The summed E-state index contributed by atoms with van der Waals surface area (Å²) in [7, 11) is 0. The van der Waals surface area contributed by atoms with Crippen LogP contribution in [0.5, 0.6) is 5.75 Å². The number of rotatable bonds is 6. The average molecular weight is 279 g/mol. The topological polar surface area (TPSA) is 35.2 Å². The van der Waals surface area contributed by atoms with E-state index in [0.717, 1.165) is 12.2 Å². The van der Waals surface area contributed by atoms with Crippen LogP contribution in [-0.4, -0.2) is 17.9 Å². The van der Waals surface area contributed by atoms with E-state index in [1.54, 1.807) is 17.8 Å². The number of nitrogens with two attached hydrogens (primary N) is 1. The number of halogens is 3. The number of alkyl halides is 3. The maximum Gasteiger partial charge on any atom is 0.573 e. The Bertz CT molecular complexity index is 371. The summed E-state index contributed by atoms with van der Waals surface area (Å²) in [5.41, 5.74) is 6.56. The molecule has 0 aliphatic heterocycles. The highest BCUT2D eigenvalue weighted by atomic mass is 32.2. The molecule has 2 N–H and O–H groups in total. The lowest BCUT2D eigenvalue weighted by molar-refractivity contribution is -0.274. The van der Waals surface area contributed by atoms with E-state index in [1.807, 2.05) is 0 Å². The second-order valence-electron chi connectivity index (χ2n) is 3.80. The van der Waals surface area contributed by atoms with E-state index in [0.29, 0.717) is 11.3 Å². The van der Waals surface area contributed by atoms with Crippen molar-refractivity contribution in [2.75, 3.05) is 11.5 Å². The van der Waals surface area contributed by atoms with Crippen molar-refractivity contribution in [3.8, 4) is 5.75 Å². The first-order valence-corrected chi connectivity index (χ1v) is 6.77. The van der Waals surface area contributed by atoms with Gasteiger partial charge in [-0.15, -0.1) is 13.2 Å². The summed E-state index contributed by atoms with van der Waals surface area (Å²) < 4.78 is 40.1. The molecule has 1 aromatic carbocycles. The van der Waals surface area contributed by atoms with Crippen molar-refractivity contribution < 1.29 is 17.9 Å². The Balaban J connectivity index is 2.63. The minimum atomic E-state index is -4.67. The summed E-state index contributed by atoms with van der Waals surface area (Å²) in [6.45, 7) is 2.07. The fraction of sp³-hybridized carbons (Fsp3) is 0.500. The summed E-state index contributed by atoms with van der Waals surface area (Å²) in [6.07, 6.45) is -3.62. The molecular weight excluding hydrogens is 263 g/mol. The minimum absolute atomic E-state index is 0.226. The van der Waals surface area contributed by atoms with Crippen molar-refractivity contribution >= 4 is 11.8 Å². The molecule has 0 heterocycles. The lowest BCUT2D eigenvalue weighted by Gasteiger charge is -2.14. The first-order chi connectivity index (χ1) is 8.42. The average Bonchev–Trinajstić information content (AvgIpc) is 2.27. The van der Waals surface area contributed by atoms with Gasteiger partial charge >= 0.3 is 6.36 Å². The third-order valence-corrected chi connectivity index (χ3v) is 3.46. The van der Waals surface area contributed by atoms with Crippen LogP contribution in [-0.2, 0) is 0 Å². The molecule has 0 saturated heterocycles. The number of thioether (sulfide) groups is 1. The van der Waals surface area contributed by atoms with Gasteiger partial charge in [0.15, 0.2) is 0 Å². The van der Waals surface area contributed by atoms with Gasteiger partial charge in [0.1, 0.15) is 5.75 Å². The van der Waals surface area contributed by atoms with Crippen molar-refractivity contribution in [1.82, 2.24) is 0 Å². The van der Waals surface area contributed by atoms with Crippen molar-refractivity contribution in [2.24, 2.45) is 5.73 Å². The highest BCUT2D eigenvalue weighted by molar-refractivity contribution is 7.99. The largest absolute Gasteiger partial charge is 0.573 e. The lowest BCUT2D eigenvalue weighted by Crippen LogP contribution is -2.18. The number of hydrogen-bond donors (Lipinski definition) is 1. The molecule has 1 atom stereocenters. The van der Waals surface area contributed by atoms with Gasteiger partial charge in [0.25, 0.3) is 0 Å². The van der Waals surface area contributed by atoms with Crippen LogP contribution in [0.15, 0.2) is 24.3 Å². The number of benzene rings is 1. The van der Waals surface area contributed by atoms with Crippen LogP contribution in [0, 0.1) is 0 Å². The van der Waals surface area contributed by atoms with Crippen molar-refractivity contribution in [3.63, 3.8) is 0 Å². The predicted octanol–water partition coefficient (Wildman–Crippen LogP) is 3.73. The molecule has 18 heavy (non-hydrogen) atoms. The van der Waals surface area contributed by atoms with Crippen LogP contribution in [0.2, 0.25) is 0 Å². The van der Waals surface area contributed by atoms with Crippen LogP contribution in [0.3, 0.4) is 0 Å². The molecule has 102 valence electrons. The quantitative estimate of drug-likeness (QED) is 0.806. The summed E-state index contributed by atoms with van der Waals surface area (Å²) in [6, 6.07) is 5.55. The highest BCUT2D eigenvalue weighted by Gasteiger charge is 2.31. The zero-order chi connectivity index (χ0) is 13.6. The first-order valence-electron chi connectivity index (χ1n) is 5.61. The van der Waals surface area contributed by atoms with E-state index >= 15 is 0 Å². The lowest BCUT2D eigenvalue weighted by atomic mass is 10.1. The fourth-order valence-corrected chi connectivity index (χ4v) is 2.29. The molecule has 1 aromatic rings. The van der Waals surface area contributed by atoms with Crippen LogP contribution < -0.4 is 10.5 Å². The smallest absolute Gasteiger partial charge is 0.406 e. The molecule has 0 spiro atoms. The van der Waals surface area contributed by atoms with E-state index in [4.69, 9.17) is 5.73 Å². The maximum atomic E-state index is 12.1. The standard InChI is InChI=1S/C12H16F3NOS/c1-2-6-18-8-11(16)9-4-3-5-10(7-9)17-12(13,14)15/h3-5,7,11H,2,6,8,16H2,1H3. The van der Waals surface area contributed by atoms with Gasteiger partial charge in [-0.25, -0.2) is 0 Å². The summed E-state index contributed by atoms with van der Waals surface area (Å²) in [5.74, 6) is 1.45. The molecule has 0 aliphatic carbocycles. The molecule has 0 aromatic heterocycles. The Morgan fingerprint density at radius 3 is 2.72 bits per heavy atom. The van der Waals surface area contributed by atoms with Crippen molar-refractivity contribution in [3.05, 3.63) is 29.8 Å². The van der Waals surface area contributed by atoms with Gasteiger partial charge in [-0.05, 0) is 29.9 Å². The second kappa shape index (κ2) is 6.89. The van der Waals surface area contributed by atoms with Gasteiger partial charge in [0.05, 0.1) is 0 Å². The van der Waals surface area contributed by atoms with Gasteiger partial charge in [0, 0.05) is 11.8 Å². The Morgan fingerprint density at radius 2 is 2.11 bits per heavy atom. The molecule has 1 rings (SSSR count). The first kappa shape index (κ1) is 15.2. The Labute approximate surface area is 109 Å². The minimum Gasteiger partial charge on any atom is -0.406 e. The third-order valence-electron chi connectivity index (χ3n) is 2.17. The monoisotopic (exact) mass is 279 g/mol. The SMILES string of the molecule is CCCSCC(N)c1cccc(OC(F)(F)F)c1. The number of hydrogen-bond acceptors (Lipinski definition) is 3. The molecule has 0 aliphatic rings. The van der Waals surface area contributed by atoms with Gasteiger partial charge in [-0.3, -0.25) is 0 Å². The Kier molecular flexibility index (Phi) is 5.81. The molecule has 2 nitrogen and oxygen atoms in total. The van der Waals surface area contributed by atoms with Crippen LogP contribution in [0.4, 0.5) is 13.2 Å². The Hall–Kier alpha value is -0.880. The molecule has 1 unspecified atom stereocenters. The van der Waals surface area contributed by atoms with Crippen molar-refractivity contribution in [1.29, 1.82) is 0 Å². The zero-order valence-electron chi connectivity index (χ0n) is 10.0. The summed E-state index contributed by atoms with van der Waals surface area (Å²) in [4.78, 5) is 0.